The third-order valence-electron chi connectivity index (χ3n) is 3.38. The van der Waals surface area contributed by atoms with Crippen molar-refractivity contribution in [2.75, 3.05) is 25.5 Å². The first-order valence-electron chi connectivity index (χ1n) is 6.16. The average molecular weight is 236 g/mol. The van der Waals surface area contributed by atoms with E-state index in [2.05, 4.69) is 20.6 Å². The molecule has 0 bridgehead atoms. The van der Waals surface area contributed by atoms with E-state index in [1.807, 2.05) is 20.0 Å². The molecule has 0 atom stereocenters. The molecule has 0 amide bonds. The van der Waals surface area contributed by atoms with Crippen LogP contribution in [0.1, 0.15) is 26.2 Å². The van der Waals surface area contributed by atoms with Crippen LogP contribution in [-0.4, -0.2) is 35.7 Å². The van der Waals surface area contributed by atoms with Crippen LogP contribution >= 0.6 is 0 Å². The Hall–Kier alpha value is -1.36. The Kier molecular flexibility index (Phi) is 3.78. The number of ether oxygens (including phenoxy) is 1. The van der Waals surface area contributed by atoms with E-state index in [9.17, 15) is 0 Å². The third kappa shape index (κ3) is 2.85. The molecule has 2 rings (SSSR count). The summed E-state index contributed by atoms with van der Waals surface area (Å²) in [7, 11) is 2.02. The van der Waals surface area contributed by atoms with Crippen molar-refractivity contribution in [3.8, 4) is 5.88 Å². The number of hydrogen-bond acceptors (Lipinski definition) is 5. The molecule has 0 radical (unpaired) electrons. The van der Waals surface area contributed by atoms with Crippen LogP contribution in [0, 0.1) is 0 Å². The van der Waals surface area contributed by atoms with E-state index < -0.39 is 0 Å². The van der Waals surface area contributed by atoms with Crippen LogP contribution in [0.3, 0.4) is 0 Å². The summed E-state index contributed by atoms with van der Waals surface area (Å²) in [4.78, 5) is 8.23. The lowest BCUT2D eigenvalue weighted by molar-refractivity contribution is 0.214. The summed E-state index contributed by atoms with van der Waals surface area (Å²) in [5.41, 5.74) is 0.247. The second-order valence-corrected chi connectivity index (χ2v) is 4.41. The van der Waals surface area contributed by atoms with Gasteiger partial charge in [0.2, 0.25) is 5.88 Å². The molecule has 1 fully saturated rings. The van der Waals surface area contributed by atoms with Crippen molar-refractivity contribution in [3.05, 3.63) is 12.4 Å². The zero-order chi connectivity index (χ0) is 12.1. The molecule has 0 unspecified atom stereocenters. The Morgan fingerprint density at radius 2 is 2.24 bits per heavy atom. The fraction of sp³-hybridized carbons (Fsp3) is 0.667. The normalized spacial score (nSPS) is 17.3. The first-order chi connectivity index (χ1) is 8.28. The van der Waals surface area contributed by atoms with Gasteiger partial charge >= 0.3 is 0 Å². The maximum atomic E-state index is 5.34. The van der Waals surface area contributed by atoms with Crippen LogP contribution in [0.4, 0.5) is 5.82 Å². The molecule has 0 aliphatic heterocycles. The molecule has 1 aromatic rings. The summed E-state index contributed by atoms with van der Waals surface area (Å²) in [6.45, 7) is 3.46. The van der Waals surface area contributed by atoms with Crippen LogP contribution in [0.25, 0.3) is 0 Å². The first kappa shape index (κ1) is 12.1. The van der Waals surface area contributed by atoms with Gasteiger partial charge in [-0.05, 0) is 33.2 Å². The van der Waals surface area contributed by atoms with Crippen molar-refractivity contribution in [2.24, 2.45) is 0 Å². The third-order valence-corrected chi connectivity index (χ3v) is 3.38. The molecule has 0 aromatic carbocycles. The van der Waals surface area contributed by atoms with E-state index in [1.165, 1.54) is 25.6 Å². The predicted octanol–water partition coefficient (Wildman–Crippen LogP) is 1.43. The van der Waals surface area contributed by atoms with E-state index in [0.29, 0.717) is 12.5 Å². The number of nitrogens with one attached hydrogen (secondary N) is 2. The first-order valence-corrected chi connectivity index (χ1v) is 6.16. The SMILES string of the molecule is CCOc1cc(NCC2(NC)CCC2)ncn1. The van der Waals surface area contributed by atoms with E-state index in [4.69, 9.17) is 4.74 Å². The smallest absolute Gasteiger partial charge is 0.218 e. The van der Waals surface area contributed by atoms with Gasteiger partial charge in [0.1, 0.15) is 12.1 Å². The van der Waals surface area contributed by atoms with Crippen LogP contribution in [-0.2, 0) is 0 Å². The van der Waals surface area contributed by atoms with Gasteiger partial charge in [-0.3, -0.25) is 0 Å². The highest BCUT2D eigenvalue weighted by atomic mass is 16.5. The second-order valence-electron chi connectivity index (χ2n) is 4.41. The highest BCUT2D eigenvalue weighted by Crippen LogP contribution is 2.31. The van der Waals surface area contributed by atoms with Gasteiger partial charge in [0.25, 0.3) is 0 Å². The Balaban J connectivity index is 1.92. The number of aromatic nitrogens is 2. The largest absolute Gasteiger partial charge is 0.478 e. The van der Waals surface area contributed by atoms with Crippen molar-refractivity contribution in [2.45, 2.75) is 31.7 Å². The quantitative estimate of drug-likeness (QED) is 0.782. The van der Waals surface area contributed by atoms with Gasteiger partial charge in [0.05, 0.1) is 6.61 Å². The Bertz CT molecular complexity index is 360. The molecular formula is C12H20N4O. The summed E-state index contributed by atoms with van der Waals surface area (Å²) in [5.74, 6) is 1.45. The van der Waals surface area contributed by atoms with Crippen LogP contribution in [0.15, 0.2) is 12.4 Å². The number of anilines is 1. The summed E-state index contributed by atoms with van der Waals surface area (Å²) >= 11 is 0. The molecule has 5 nitrogen and oxygen atoms in total. The lowest BCUT2D eigenvalue weighted by Crippen LogP contribution is -2.54. The van der Waals surface area contributed by atoms with Crippen LogP contribution < -0.4 is 15.4 Å². The van der Waals surface area contributed by atoms with Crippen LogP contribution in [0.5, 0.6) is 5.88 Å². The molecule has 1 aromatic heterocycles. The van der Waals surface area contributed by atoms with Crippen molar-refractivity contribution < 1.29 is 4.74 Å². The van der Waals surface area contributed by atoms with Crippen molar-refractivity contribution >= 4 is 5.82 Å². The predicted molar refractivity (Wildman–Crippen MR) is 67.3 cm³/mol. The lowest BCUT2D eigenvalue weighted by atomic mass is 9.77. The highest BCUT2D eigenvalue weighted by Gasteiger charge is 2.34. The highest BCUT2D eigenvalue weighted by molar-refractivity contribution is 5.37. The molecule has 0 saturated heterocycles. The van der Waals surface area contributed by atoms with Crippen molar-refractivity contribution in [1.82, 2.24) is 15.3 Å². The van der Waals surface area contributed by atoms with E-state index in [1.54, 1.807) is 0 Å². The zero-order valence-corrected chi connectivity index (χ0v) is 10.5. The van der Waals surface area contributed by atoms with Gasteiger partial charge in [-0.25, -0.2) is 9.97 Å². The molecule has 1 aliphatic rings. The van der Waals surface area contributed by atoms with Gasteiger partial charge in [-0.1, -0.05) is 0 Å². The Morgan fingerprint density at radius 3 is 2.82 bits per heavy atom. The lowest BCUT2D eigenvalue weighted by Gasteiger charge is -2.42. The van der Waals surface area contributed by atoms with E-state index in [-0.39, 0.29) is 5.54 Å². The standard InChI is InChI=1S/C12H20N4O/c1-3-17-11-7-10(15-9-16-11)14-8-12(13-2)5-4-6-12/h7,9,13H,3-6,8H2,1-2H3,(H,14,15,16). The molecular weight excluding hydrogens is 216 g/mol. The Morgan fingerprint density at radius 1 is 1.41 bits per heavy atom. The van der Waals surface area contributed by atoms with Gasteiger partial charge in [0, 0.05) is 18.2 Å². The summed E-state index contributed by atoms with van der Waals surface area (Å²) < 4.78 is 5.34. The number of likely N-dealkylation sites (N-methyl/N-ethyl adjacent to an activating group) is 1. The molecule has 1 aliphatic carbocycles. The van der Waals surface area contributed by atoms with Gasteiger partial charge in [-0.2, -0.15) is 0 Å². The number of hydrogen-bond donors (Lipinski definition) is 2. The van der Waals surface area contributed by atoms with Gasteiger partial charge in [-0.15, -0.1) is 0 Å². The molecule has 94 valence electrons. The molecule has 1 heterocycles. The summed E-state index contributed by atoms with van der Waals surface area (Å²) in [6.07, 6.45) is 5.27. The maximum absolute atomic E-state index is 5.34. The van der Waals surface area contributed by atoms with Crippen LogP contribution in [0.2, 0.25) is 0 Å². The van der Waals surface area contributed by atoms with Gasteiger partial charge < -0.3 is 15.4 Å². The maximum Gasteiger partial charge on any atom is 0.218 e. The molecule has 5 heteroatoms. The molecule has 2 N–H and O–H groups in total. The second kappa shape index (κ2) is 5.31. The topological polar surface area (TPSA) is 59.1 Å². The molecule has 17 heavy (non-hydrogen) atoms. The fourth-order valence-corrected chi connectivity index (χ4v) is 2.04. The van der Waals surface area contributed by atoms with Gasteiger partial charge in [0.15, 0.2) is 0 Å². The minimum Gasteiger partial charge on any atom is -0.478 e. The minimum absolute atomic E-state index is 0.247. The zero-order valence-electron chi connectivity index (χ0n) is 10.5. The van der Waals surface area contributed by atoms with Crippen molar-refractivity contribution in [1.29, 1.82) is 0 Å². The Labute approximate surface area is 102 Å². The fourth-order valence-electron chi connectivity index (χ4n) is 2.04. The summed E-state index contributed by atoms with van der Waals surface area (Å²) in [5, 5.41) is 6.73. The number of rotatable bonds is 6. The molecule has 0 spiro atoms. The summed E-state index contributed by atoms with van der Waals surface area (Å²) in [6, 6.07) is 1.84. The minimum atomic E-state index is 0.247. The van der Waals surface area contributed by atoms with Crippen molar-refractivity contribution in [3.63, 3.8) is 0 Å². The van der Waals surface area contributed by atoms with E-state index >= 15 is 0 Å². The average Bonchev–Trinajstić information content (AvgIpc) is 2.29. The molecule has 1 saturated carbocycles. The monoisotopic (exact) mass is 236 g/mol. The van der Waals surface area contributed by atoms with E-state index in [0.717, 1.165) is 12.4 Å². The number of nitrogens with zero attached hydrogens (tertiary/aromatic N) is 2.